The average Bonchev–Trinajstić information content (AvgIpc) is 2.53. The Morgan fingerprint density at radius 2 is 2.23 bits per heavy atom. The molecule has 1 atom stereocenters. The molecular weight excluding hydrogens is 294 g/mol. The van der Waals surface area contributed by atoms with E-state index in [4.69, 9.17) is 0 Å². The monoisotopic (exact) mass is 321 g/mol. The van der Waals surface area contributed by atoms with Crippen molar-refractivity contribution < 1.29 is 4.79 Å². The molecule has 1 aromatic carbocycles. The summed E-state index contributed by atoms with van der Waals surface area (Å²) in [6, 6.07) is 10.8. The van der Waals surface area contributed by atoms with E-state index in [-0.39, 0.29) is 5.91 Å². The van der Waals surface area contributed by atoms with Gasteiger partial charge in [0.15, 0.2) is 0 Å². The van der Waals surface area contributed by atoms with Crippen molar-refractivity contribution in [3.05, 3.63) is 35.9 Å². The van der Waals surface area contributed by atoms with E-state index in [2.05, 4.69) is 46.8 Å². The molecule has 1 amide bonds. The Morgan fingerprint density at radius 3 is 2.95 bits per heavy atom. The second-order valence-corrected chi connectivity index (χ2v) is 7.01. The molecule has 0 spiro atoms. The third kappa shape index (κ3) is 6.81. The minimum Gasteiger partial charge on any atom is -0.356 e. The van der Waals surface area contributed by atoms with Crippen molar-refractivity contribution in [3.63, 3.8) is 0 Å². The van der Waals surface area contributed by atoms with Crippen LogP contribution in [0.3, 0.4) is 0 Å². The molecule has 1 unspecified atom stereocenters. The van der Waals surface area contributed by atoms with Crippen LogP contribution in [0.15, 0.2) is 30.3 Å². The maximum absolute atomic E-state index is 11.9. The van der Waals surface area contributed by atoms with Gasteiger partial charge in [0.1, 0.15) is 0 Å². The number of nitrogens with one attached hydrogen (secondary N) is 2. The molecule has 4 nitrogen and oxygen atoms in total. The molecule has 0 bridgehead atoms. The van der Waals surface area contributed by atoms with Crippen LogP contribution < -0.4 is 10.6 Å². The van der Waals surface area contributed by atoms with Crippen molar-refractivity contribution in [1.29, 1.82) is 0 Å². The highest BCUT2D eigenvalue weighted by molar-refractivity contribution is 7.99. The number of benzene rings is 1. The maximum atomic E-state index is 11.9. The number of nitrogens with zero attached hydrogens (tertiary/aromatic N) is 1. The van der Waals surface area contributed by atoms with Crippen LogP contribution in [0.5, 0.6) is 0 Å². The highest BCUT2D eigenvalue weighted by Gasteiger charge is 2.16. The lowest BCUT2D eigenvalue weighted by molar-refractivity contribution is -0.121. The molecule has 1 heterocycles. The van der Waals surface area contributed by atoms with Gasteiger partial charge in [-0.1, -0.05) is 30.3 Å². The summed E-state index contributed by atoms with van der Waals surface area (Å²) in [7, 11) is 2.12. The summed E-state index contributed by atoms with van der Waals surface area (Å²) in [5.41, 5.74) is 1.33. The lowest BCUT2D eigenvalue weighted by atomic mass is 10.2. The van der Waals surface area contributed by atoms with Gasteiger partial charge in [0.25, 0.3) is 0 Å². The van der Waals surface area contributed by atoms with Gasteiger partial charge in [-0.2, -0.15) is 11.8 Å². The van der Waals surface area contributed by atoms with Gasteiger partial charge < -0.3 is 15.5 Å². The van der Waals surface area contributed by atoms with Gasteiger partial charge in [0.2, 0.25) is 5.91 Å². The van der Waals surface area contributed by atoms with E-state index in [1.807, 2.05) is 17.8 Å². The van der Waals surface area contributed by atoms with Crippen LogP contribution in [0.4, 0.5) is 0 Å². The van der Waals surface area contributed by atoms with E-state index in [1.54, 1.807) is 0 Å². The number of rotatable bonds is 8. The summed E-state index contributed by atoms with van der Waals surface area (Å²) in [6.45, 7) is 3.73. The second-order valence-electron chi connectivity index (χ2n) is 5.86. The smallest absolute Gasteiger partial charge is 0.221 e. The Kier molecular flexibility index (Phi) is 7.77. The average molecular weight is 321 g/mol. The standard InChI is InChI=1S/C17H27N3OS/c1-20(13-15-6-3-2-4-7-15)10-5-8-19-17(21)12-16-14-22-11-9-18-16/h2-4,6-7,16,18H,5,8-14H2,1H3,(H,19,21). The van der Waals surface area contributed by atoms with Gasteiger partial charge in [-0.05, 0) is 25.6 Å². The quantitative estimate of drug-likeness (QED) is 0.716. The number of carbonyl (C=O) groups is 1. The minimum atomic E-state index is 0.172. The summed E-state index contributed by atoms with van der Waals surface area (Å²) in [5.74, 6) is 2.38. The molecule has 0 radical (unpaired) electrons. The van der Waals surface area contributed by atoms with Gasteiger partial charge in [-0.3, -0.25) is 4.79 Å². The molecule has 0 aromatic heterocycles. The van der Waals surface area contributed by atoms with Gasteiger partial charge in [-0.15, -0.1) is 0 Å². The molecule has 1 aliphatic rings. The first-order valence-corrected chi connectivity index (χ1v) is 9.20. The summed E-state index contributed by atoms with van der Waals surface area (Å²) < 4.78 is 0. The van der Waals surface area contributed by atoms with Gasteiger partial charge in [-0.25, -0.2) is 0 Å². The Morgan fingerprint density at radius 1 is 1.41 bits per heavy atom. The second kappa shape index (κ2) is 9.87. The van der Waals surface area contributed by atoms with Crippen molar-refractivity contribution in [2.75, 3.05) is 38.2 Å². The number of hydrogen-bond donors (Lipinski definition) is 2. The molecule has 0 aliphatic carbocycles. The van der Waals surface area contributed by atoms with E-state index in [1.165, 1.54) is 5.56 Å². The predicted octanol–water partition coefficient (Wildman–Crippen LogP) is 1.72. The fourth-order valence-corrected chi connectivity index (χ4v) is 3.55. The third-order valence-electron chi connectivity index (χ3n) is 3.76. The van der Waals surface area contributed by atoms with Crippen LogP contribution in [0.2, 0.25) is 0 Å². The number of amides is 1. The third-order valence-corrected chi connectivity index (χ3v) is 4.90. The van der Waals surface area contributed by atoms with Crippen LogP contribution in [0.1, 0.15) is 18.4 Å². The van der Waals surface area contributed by atoms with Crippen molar-refractivity contribution in [2.45, 2.75) is 25.4 Å². The van der Waals surface area contributed by atoms with Crippen molar-refractivity contribution in [2.24, 2.45) is 0 Å². The highest BCUT2D eigenvalue weighted by atomic mass is 32.2. The summed E-state index contributed by atoms with van der Waals surface area (Å²) >= 11 is 1.93. The Hall–Kier alpha value is -1.04. The summed E-state index contributed by atoms with van der Waals surface area (Å²) in [5, 5.41) is 6.43. The minimum absolute atomic E-state index is 0.172. The summed E-state index contributed by atoms with van der Waals surface area (Å²) in [4.78, 5) is 14.2. The highest BCUT2D eigenvalue weighted by Crippen LogP contribution is 2.09. The first kappa shape index (κ1) is 17.3. The number of hydrogen-bond acceptors (Lipinski definition) is 4. The van der Waals surface area contributed by atoms with Gasteiger partial charge in [0, 0.05) is 43.6 Å². The van der Waals surface area contributed by atoms with E-state index in [9.17, 15) is 4.79 Å². The summed E-state index contributed by atoms with van der Waals surface area (Å²) in [6.07, 6.45) is 1.59. The van der Waals surface area contributed by atoms with Crippen molar-refractivity contribution in [1.82, 2.24) is 15.5 Å². The van der Waals surface area contributed by atoms with E-state index >= 15 is 0 Å². The predicted molar refractivity (Wildman–Crippen MR) is 94.1 cm³/mol. The largest absolute Gasteiger partial charge is 0.356 e. The Balaban J connectivity index is 1.53. The molecular formula is C17H27N3OS. The lowest BCUT2D eigenvalue weighted by Gasteiger charge is -2.22. The van der Waals surface area contributed by atoms with E-state index in [0.717, 1.165) is 44.1 Å². The van der Waals surface area contributed by atoms with Gasteiger partial charge in [0.05, 0.1) is 0 Å². The molecule has 1 aliphatic heterocycles. The first-order chi connectivity index (χ1) is 10.7. The SMILES string of the molecule is CN(CCCNC(=O)CC1CSCCN1)Cc1ccccc1. The molecule has 122 valence electrons. The molecule has 1 fully saturated rings. The van der Waals surface area contributed by atoms with Crippen LogP contribution >= 0.6 is 11.8 Å². The van der Waals surface area contributed by atoms with Crippen LogP contribution in [-0.4, -0.2) is 55.0 Å². The fraction of sp³-hybridized carbons (Fsp3) is 0.588. The van der Waals surface area contributed by atoms with Crippen LogP contribution in [0, 0.1) is 0 Å². The zero-order valence-electron chi connectivity index (χ0n) is 13.4. The van der Waals surface area contributed by atoms with E-state index < -0.39 is 0 Å². The molecule has 22 heavy (non-hydrogen) atoms. The van der Waals surface area contributed by atoms with Crippen LogP contribution in [0.25, 0.3) is 0 Å². The van der Waals surface area contributed by atoms with Crippen LogP contribution in [-0.2, 0) is 11.3 Å². The number of thioether (sulfide) groups is 1. The van der Waals surface area contributed by atoms with Gasteiger partial charge >= 0.3 is 0 Å². The Bertz CT molecular complexity index is 435. The molecule has 2 N–H and O–H groups in total. The lowest BCUT2D eigenvalue weighted by Crippen LogP contribution is -2.41. The van der Waals surface area contributed by atoms with Crippen molar-refractivity contribution in [3.8, 4) is 0 Å². The molecule has 1 aromatic rings. The normalized spacial score (nSPS) is 18.4. The molecule has 1 saturated heterocycles. The maximum Gasteiger partial charge on any atom is 0.221 e. The molecule has 0 saturated carbocycles. The molecule has 5 heteroatoms. The Labute approximate surface area is 138 Å². The van der Waals surface area contributed by atoms with E-state index in [0.29, 0.717) is 12.5 Å². The zero-order chi connectivity index (χ0) is 15.6. The zero-order valence-corrected chi connectivity index (χ0v) is 14.2. The number of carbonyl (C=O) groups excluding carboxylic acids is 1. The first-order valence-electron chi connectivity index (χ1n) is 8.04. The van der Waals surface area contributed by atoms with Crippen molar-refractivity contribution >= 4 is 17.7 Å². The topological polar surface area (TPSA) is 44.4 Å². The molecule has 2 rings (SSSR count). The fourth-order valence-electron chi connectivity index (χ4n) is 2.60.